The molecule has 0 aliphatic heterocycles. The van der Waals surface area contributed by atoms with Crippen LogP contribution in [0.3, 0.4) is 0 Å². The summed E-state index contributed by atoms with van der Waals surface area (Å²) in [5.41, 5.74) is 3.31. The topological polar surface area (TPSA) is 108 Å². The SMILES string of the molecule is Cc1nc(-c2ncccn2)ncc1OC(=O)Nn1ccc2nc(C(F)F)ccc21. The summed E-state index contributed by atoms with van der Waals surface area (Å²) in [6, 6.07) is 5.81. The molecule has 0 saturated carbocycles. The fraction of sp³-hybridized carbons (Fsp3) is 0.111. The van der Waals surface area contributed by atoms with Crippen LogP contribution in [0.5, 0.6) is 5.75 Å². The van der Waals surface area contributed by atoms with Gasteiger partial charge in [-0.3, -0.25) is 4.68 Å². The third kappa shape index (κ3) is 3.83. The molecule has 146 valence electrons. The maximum absolute atomic E-state index is 12.8. The highest BCUT2D eigenvalue weighted by molar-refractivity contribution is 5.83. The number of carbonyl (C=O) groups excluding carboxylic acids is 1. The third-order valence-electron chi connectivity index (χ3n) is 3.90. The second-order valence-corrected chi connectivity index (χ2v) is 5.84. The first-order chi connectivity index (χ1) is 14.0. The number of amides is 1. The highest BCUT2D eigenvalue weighted by atomic mass is 19.3. The molecule has 4 aromatic rings. The van der Waals surface area contributed by atoms with Crippen molar-refractivity contribution in [2.75, 3.05) is 5.43 Å². The van der Waals surface area contributed by atoms with Crippen molar-refractivity contribution in [3.05, 3.63) is 60.4 Å². The quantitative estimate of drug-likeness (QED) is 0.563. The molecule has 4 aromatic heterocycles. The first kappa shape index (κ1) is 18.3. The molecule has 0 aliphatic carbocycles. The number of fused-ring (bicyclic) bond motifs is 1. The van der Waals surface area contributed by atoms with Crippen LogP contribution in [0.4, 0.5) is 13.6 Å². The predicted octanol–water partition coefficient (Wildman–Crippen LogP) is 3.27. The van der Waals surface area contributed by atoms with E-state index >= 15 is 0 Å². The highest BCUT2D eigenvalue weighted by Crippen LogP contribution is 2.21. The van der Waals surface area contributed by atoms with E-state index in [1.165, 1.54) is 35.3 Å². The number of hydrogen-bond donors (Lipinski definition) is 1. The van der Waals surface area contributed by atoms with E-state index in [-0.39, 0.29) is 11.4 Å². The maximum atomic E-state index is 12.8. The number of rotatable bonds is 4. The van der Waals surface area contributed by atoms with Crippen LogP contribution in [0, 0.1) is 6.92 Å². The molecular weight excluding hydrogens is 384 g/mol. The molecule has 11 heteroatoms. The molecule has 0 unspecified atom stereocenters. The lowest BCUT2D eigenvalue weighted by atomic mass is 10.3. The number of ether oxygens (including phenoxy) is 1. The first-order valence-corrected chi connectivity index (χ1v) is 8.37. The van der Waals surface area contributed by atoms with E-state index < -0.39 is 12.5 Å². The third-order valence-corrected chi connectivity index (χ3v) is 3.90. The van der Waals surface area contributed by atoms with Gasteiger partial charge >= 0.3 is 6.09 Å². The number of halogens is 2. The Morgan fingerprint density at radius 3 is 2.62 bits per heavy atom. The van der Waals surface area contributed by atoms with Crippen LogP contribution in [-0.2, 0) is 0 Å². The van der Waals surface area contributed by atoms with Crippen molar-refractivity contribution in [1.29, 1.82) is 0 Å². The van der Waals surface area contributed by atoms with Crippen LogP contribution in [0.25, 0.3) is 22.7 Å². The number of nitrogens with zero attached hydrogens (tertiary/aromatic N) is 6. The summed E-state index contributed by atoms with van der Waals surface area (Å²) in [7, 11) is 0. The Hall–Kier alpha value is -4.02. The Labute approximate surface area is 162 Å². The summed E-state index contributed by atoms with van der Waals surface area (Å²) in [6.07, 6.45) is 2.48. The van der Waals surface area contributed by atoms with E-state index in [2.05, 4.69) is 30.3 Å². The molecule has 0 atom stereocenters. The van der Waals surface area contributed by atoms with Crippen molar-refractivity contribution in [3.63, 3.8) is 0 Å². The van der Waals surface area contributed by atoms with Crippen LogP contribution in [0.2, 0.25) is 0 Å². The molecule has 0 radical (unpaired) electrons. The Morgan fingerprint density at radius 1 is 1.10 bits per heavy atom. The number of aryl methyl sites for hydroxylation is 1. The van der Waals surface area contributed by atoms with Crippen molar-refractivity contribution < 1.29 is 18.3 Å². The number of alkyl halides is 2. The van der Waals surface area contributed by atoms with Gasteiger partial charge in [0.25, 0.3) is 6.43 Å². The van der Waals surface area contributed by atoms with Crippen LogP contribution in [-0.4, -0.2) is 35.7 Å². The number of carbonyl (C=O) groups is 1. The molecule has 1 N–H and O–H groups in total. The van der Waals surface area contributed by atoms with Crippen molar-refractivity contribution in [2.45, 2.75) is 13.3 Å². The van der Waals surface area contributed by atoms with Gasteiger partial charge in [0.15, 0.2) is 17.4 Å². The van der Waals surface area contributed by atoms with E-state index in [4.69, 9.17) is 4.74 Å². The van der Waals surface area contributed by atoms with Gasteiger partial charge in [0.2, 0.25) is 0 Å². The van der Waals surface area contributed by atoms with E-state index in [1.54, 1.807) is 25.4 Å². The number of hydrogen-bond acceptors (Lipinski definition) is 7. The molecule has 0 saturated heterocycles. The van der Waals surface area contributed by atoms with Crippen molar-refractivity contribution in [1.82, 2.24) is 29.6 Å². The van der Waals surface area contributed by atoms with Crippen LogP contribution in [0.15, 0.2) is 49.1 Å². The standard InChI is InChI=1S/C18H13F2N7O2/c1-10-14(9-23-17(24-10)16-21-6-2-7-22-16)29-18(28)26-27-8-5-11-13(27)4-3-12(25-11)15(19)20/h2-9,15H,1H3,(H,26,28). The lowest BCUT2D eigenvalue weighted by Gasteiger charge is -2.10. The molecule has 29 heavy (non-hydrogen) atoms. The minimum atomic E-state index is -2.67. The molecule has 4 rings (SSSR count). The van der Waals surface area contributed by atoms with Gasteiger partial charge in [-0.05, 0) is 31.2 Å². The minimum absolute atomic E-state index is 0.150. The zero-order chi connectivity index (χ0) is 20.4. The first-order valence-electron chi connectivity index (χ1n) is 8.37. The highest BCUT2D eigenvalue weighted by Gasteiger charge is 2.14. The van der Waals surface area contributed by atoms with Crippen molar-refractivity contribution >= 4 is 17.1 Å². The summed E-state index contributed by atoms with van der Waals surface area (Å²) in [5, 5.41) is 0. The Bertz CT molecular complexity index is 1180. The monoisotopic (exact) mass is 397 g/mol. The second kappa shape index (κ2) is 7.54. The fourth-order valence-electron chi connectivity index (χ4n) is 2.55. The van der Waals surface area contributed by atoms with E-state index in [9.17, 15) is 13.6 Å². The molecule has 4 heterocycles. The molecule has 1 amide bonds. The summed E-state index contributed by atoms with van der Waals surface area (Å²) >= 11 is 0. The molecule has 9 nitrogen and oxygen atoms in total. The van der Waals surface area contributed by atoms with Gasteiger partial charge < -0.3 is 4.74 Å². The Kier molecular flexibility index (Phi) is 4.77. The minimum Gasteiger partial charge on any atom is -0.406 e. The zero-order valence-corrected chi connectivity index (χ0v) is 15.0. The fourth-order valence-corrected chi connectivity index (χ4v) is 2.55. The number of aromatic nitrogens is 6. The zero-order valence-electron chi connectivity index (χ0n) is 15.0. The molecule has 0 bridgehead atoms. The molecule has 0 aromatic carbocycles. The predicted molar refractivity (Wildman–Crippen MR) is 97.9 cm³/mol. The maximum Gasteiger partial charge on any atom is 0.432 e. The second-order valence-electron chi connectivity index (χ2n) is 5.84. The van der Waals surface area contributed by atoms with E-state index in [1.807, 2.05) is 0 Å². The molecule has 0 aliphatic rings. The van der Waals surface area contributed by atoms with Crippen molar-refractivity contribution in [3.8, 4) is 17.4 Å². The average molecular weight is 397 g/mol. The van der Waals surface area contributed by atoms with Gasteiger partial charge in [0, 0.05) is 18.6 Å². The molecule has 0 spiro atoms. The Balaban J connectivity index is 1.49. The van der Waals surface area contributed by atoms with Gasteiger partial charge in [-0.15, -0.1) is 0 Å². The summed E-state index contributed by atoms with van der Waals surface area (Å²) in [4.78, 5) is 32.6. The summed E-state index contributed by atoms with van der Waals surface area (Å²) < 4.78 is 32.1. The lowest BCUT2D eigenvalue weighted by molar-refractivity contribution is 0.146. The average Bonchev–Trinajstić information content (AvgIpc) is 3.12. The van der Waals surface area contributed by atoms with Gasteiger partial charge in [0.1, 0.15) is 5.69 Å². The lowest BCUT2D eigenvalue weighted by Crippen LogP contribution is -2.25. The van der Waals surface area contributed by atoms with E-state index in [0.29, 0.717) is 28.4 Å². The van der Waals surface area contributed by atoms with Gasteiger partial charge in [-0.1, -0.05) is 0 Å². The van der Waals surface area contributed by atoms with Gasteiger partial charge in [-0.2, -0.15) is 0 Å². The normalized spacial score (nSPS) is 11.0. The molecule has 0 fully saturated rings. The largest absolute Gasteiger partial charge is 0.432 e. The van der Waals surface area contributed by atoms with Crippen molar-refractivity contribution in [2.24, 2.45) is 0 Å². The van der Waals surface area contributed by atoms with Crippen LogP contribution >= 0.6 is 0 Å². The number of pyridine rings is 1. The number of nitrogens with one attached hydrogen (secondary N) is 1. The summed E-state index contributed by atoms with van der Waals surface area (Å²) in [6.45, 7) is 1.65. The molecular formula is C18H13F2N7O2. The van der Waals surface area contributed by atoms with E-state index in [0.717, 1.165) is 0 Å². The van der Waals surface area contributed by atoms with Crippen LogP contribution < -0.4 is 10.2 Å². The summed E-state index contributed by atoms with van der Waals surface area (Å²) in [5.74, 6) is 0.797. The Morgan fingerprint density at radius 2 is 1.90 bits per heavy atom. The van der Waals surface area contributed by atoms with Crippen LogP contribution in [0.1, 0.15) is 17.8 Å². The van der Waals surface area contributed by atoms with Gasteiger partial charge in [-0.25, -0.2) is 43.9 Å². The smallest absolute Gasteiger partial charge is 0.406 e. The van der Waals surface area contributed by atoms with Gasteiger partial charge in [0.05, 0.1) is 22.9 Å².